The molecule has 0 bridgehead atoms. The van der Waals surface area contributed by atoms with Gasteiger partial charge in [-0.25, -0.2) is 4.98 Å². The SMILES string of the molecule is CCOc1cccc(/C(O)=C2\C(=O)C(=O)N(c3nc4c(C)cc(C)cc4s3)C2c2cccc([N+](=O)[O-])c2)c1. The number of ketones is 1. The summed E-state index contributed by atoms with van der Waals surface area (Å²) in [5, 5.41) is 23.2. The number of anilines is 1. The van der Waals surface area contributed by atoms with Gasteiger partial charge in [-0.05, 0) is 55.7 Å². The lowest BCUT2D eigenvalue weighted by atomic mass is 9.95. The van der Waals surface area contributed by atoms with Crippen LogP contribution in [0.4, 0.5) is 10.8 Å². The highest BCUT2D eigenvalue weighted by molar-refractivity contribution is 7.22. The Kier molecular flexibility index (Phi) is 6.41. The van der Waals surface area contributed by atoms with Crippen molar-refractivity contribution in [2.75, 3.05) is 11.5 Å². The number of nitrogens with zero attached hydrogens (tertiary/aromatic N) is 3. The Bertz CT molecular complexity index is 1660. The molecule has 1 aliphatic heterocycles. The Hall–Kier alpha value is -4.57. The molecule has 1 atom stereocenters. The lowest BCUT2D eigenvalue weighted by molar-refractivity contribution is -0.384. The van der Waals surface area contributed by atoms with E-state index in [2.05, 4.69) is 4.98 Å². The minimum atomic E-state index is -1.13. The van der Waals surface area contributed by atoms with Gasteiger partial charge in [-0.3, -0.25) is 24.6 Å². The van der Waals surface area contributed by atoms with Crippen molar-refractivity contribution in [3.63, 3.8) is 0 Å². The number of hydrogen-bond donors (Lipinski definition) is 1. The summed E-state index contributed by atoms with van der Waals surface area (Å²) in [6, 6.07) is 15.0. The summed E-state index contributed by atoms with van der Waals surface area (Å²) >= 11 is 1.24. The highest BCUT2D eigenvalue weighted by atomic mass is 32.1. The van der Waals surface area contributed by atoms with Crippen molar-refractivity contribution in [2.24, 2.45) is 0 Å². The quantitative estimate of drug-likeness (QED) is 0.109. The maximum Gasteiger partial charge on any atom is 0.301 e. The van der Waals surface area contributed by atoms with Crippen molar-refractivity contribution >= 4 is 49.8 Å². The first-order chi connectivity index (χ1) is 18.2. The van der Waals surface area contributed by atoms with Gasteiger partial charge in [-0.15, -0.1) is 0 Å². The van der Waals surface area contributed by atoms with Crippen LogP contribution in [0.5, 0.6) is 5.75 Å². The second-order valence-electron chi connectivity index (χ2n) is 8.91. The molecule has 2 heterocycles. The van der Waals surface area contributed by atoms with Crippen LogP contribution in [0.15, 0.2) is 66.2 Å². The van der Waals surface area contributed by atoms with Crippen molar-refractivity contribution in [3.05, 3.63) is 98.6 Å². The fourth-order valence-corrected chi connectivity index (χ4v) is 5.84. The number of rotatable bonds is 6. The molecule has 38 heavy (non-hydrogen) atoms. The fourth-order valence-electron chi connectivity index (χ4n) is 4.67. The number of carbonyl (C=O) groups excluding carboxylic acids is 2. The number of aliphatic hydroxyl groups is 1. The van der Waals surface area contributed by atoms with E-state index in [4.69, 9.17) is 4.74 Å². The van der Waals surface area contributed by atoms with Crippen LogP contribution in [0.2, 0.25) is 0 Å². The maximum atomic E-state index is 13.5. The summed E-state index contributed by atoms with van der Waals surface area (Å²) < 4.78 is 6.36. The highest BCUT2D eigenvalue weighted by Gasteiger charge is 2.48. The number of non-ortho nitro benzene ring substituents is 1. The van der Waals surface area contributed by atoms with E-state index in [1.807, 2.05) is 32.9 Å². The molecule has 3 aromatic carbocycles. The van der Waals surface area contributed by atoms with Crippen LogP contribution < -0.4 is 9.64 Å². The predicted octanol–water partition coefficient (Wildman–Crippen LogP) is 5.85. The van der Waals surface area contributed by atoms with E-state index >= 15 is 0 Å². The van der Waals surface area contributed by atoms with Gasteiger partial charge in [0.25, 0.3) is 11.5 Å². The Morgan fingerprint density at radius 1 is 1.13 bits per heavy atom. The molecule has 1 N–H and O–H groups in total. The van der Waals surface area contributed by atoms with Gasteiger partial charge in [0.05, 0.1) is 33.4 Å². The number of amides is 1. The monoisotopic (exact) mass is 529 g/mol. The summed E-state index contributed by atoms with van der Waals surface area (Å²) in [7, 11) is 0. The van der Waals surface area contributed by atoms with Gasteiger partial charge in [0.1, 0.15) is 11.5 Å². The Morgan fingerprint density at radius 3 is 2.63 bits per heavy atom. The summed E-state index contributed by atoms with van der Waals surface area (Å²) in [5.74, 6) is -1.71. The van der Waals surface area contributed by atoms with Crippen molar-refractivity contribution in [1.29, 1.82) is 0 Å². The highest BCUT2D eigenvalue weighted by Crippen LogP contribution is 2.45. The van der Waals surface area contributed by atoms with Gasteiger partial charge in [0.15, 0.2) is 5.13 Å². The molecule has 1 aromatic heterocycles. The molecule has 1 amide bonds. The smallest absolute Gasteiger partial charge is 0.301 e. The van der Waals surface area contributed by atoms with Crippen LogP contribution in [0, 0.1) is 24.0 Å². The first-order valence-electron chi connectivity index (χ1n) is 11.9. The van der Waals surface area contributed by atoms with Gasteiger partial charge in [-0.2, -0.15) is 0 Å². The number of benzene rings is 3. The molecule has 0 saturated carbocycles. The van der Waals surface area contributed by atoms with E-state index in [1.165, 1.54) is 34.4 Å². The van der Waals surface area contributed by atoms with E-state index < -0.39 is 28.4 Å². The number of nitro groups is 1. The molecule has 5 rings (SSSR count). The average molecular weight is 530 g/mol. The van der Waals surface area contributed by atoms with Crippen molar-refractivity contribution in [2.45, 2.75) is 26.8 Å². The van der Waals surface area contributed by atoms with Crippen LogP contribution in [-0.2, 0) is 9.59 Å². The second kappa shape index (κ2) is 9.71. The van der Waals surface area contributed by atoms with Gasteiger partial charge in [0.2, 0.25) is 0 Å². The maximum absolute atomic E-state index is 13.5. The second-order valence-corrected chi connectivity index (χ2v) is 9.92. The zero-order valence-electron chi connectivity index (χ0n) is 20.8. The summed E-state index contributed by atoms with van der Waals surface area (Å²) in [4.78, 5) is 43.8. The van der Waals surface area contributed by atoms with Crippen molar-refractivity contribution in [3.8, 4) is 5.75 Å². The first kappa shape index (κ1) is 25.1. The molecular weight excluding hydrogens is 506 g/mol. The number of nitro benzene ring substituents is 1. The van der Waals surface area contributed by atoms with Gasteiger partial charge >= 0.3 is 5.91 Å². The zero-order valence-corrected chi connectivity index (χ0v) is 21.6. The molecule has 1 unspecified atom stereocenters. The first-order valence-corrected chi connectivity index (χ1v) is 12.7. The third kappa shape index (κ3) is 4.28. The van der Waals surface area contributed by atoms with Crippen molar-refractivity contribution < 1.29 is 24.4 Å². The number of fused-ring (bicyclic) bond motifs is 1. The van der Waals surface area contributed by atoms with E-state index in [-0.39, 0.29) is 22.0 Å². The molecule has 0 aliphatic carbocycles. The lowest BCUT2D eigenvalue weighted by Crippen LogP contribution is -2.29. The molecule has 1 aliphatic rings. The van der Waals surface area contributed by atoms with E-state index in [0.29, 0.717) is 23.4 Å². The van der Waals surface area contributed by atoms with E-state index in [9.17, 15) is 24.8 Å². The van der Waals surface area contributed by atoms with Crippen LogP contribution >= 0.6 is 11.3 Å². The minimum absolute atomic E-state index is 0.184. The average Bonchev–Trinajstić information content (AvgIpc) is 3.42. The number of aromatic nitrogens is 1. The van der Waals surface area contributed by atoms with Crippen LogP contribution in [0.25, 0.3) is 16.0 Å². The topological polar surface area (TPSA) is 123 Å². The van der Waals surface area contributed by atoms with Crippen molar-refractivity contribution in [1.82, 2.24) is 4.98 Å². The molecule has 192 valence electrons. The minimum Gasteiger partial charge on any atom is -0.507 e. The van der Waals surface area contributed by atoms with Crippen LogP contribution in [0.3, 0.4) is 0 Å². The Morgan fingerprint density at radius 2 is 1.89 bits per heavy atom. The van der Waals surface area contributed by atoms with Gasteiger partial charge in [-0.1, -0.05) is 41.7 Å². The fraction of sp³-hybridized carbons (Fsp3) is 0.179. The van der Waals surface area contributed by atoms with Crippen LogP contribution in [-0.4, -0.2) is 33.3 Å². The molecule has 1 fully saturated rings. The zero-order chi connectivity index (χ0) is 27.1. The molecule has 0 spiro atoms. The van der Waals surface area contributed by atoms with Crippen LogP contribution in [0.1, 0.15) is 35.2 Å². The molecule has 0 radical (unpaired) electrons. The van der Waals surface area contributed by atoms with E-state index in [1.54, 1.807) is 30.3 Å². The number of hydrogen-bond acceptors (Lipinski definition) is 8. The molecule has 1 saturated heterocycles. The Labute approximate surface area is 221 Å². The number of Topliss-reactive ketones (excluding diaryl/α,β-unsaturated/α-hetero) is 1. The predicted molar refractivity (Wildman–Crippen MR) is 145 cm³/mol. The summed E-state index contributed by atoms with van der Waals surface area (Å²) in [6.45, 7) is 6.09. The number of thiazole rings is 1. The third-order valence-electron chi connectivity index (χ3n) is 6.28. The van der Waals surface area contributed by atoms with Gasteiger partial charge < -0.3 is 9.84 Å². The molecular formula is C28H23N3O6S. The lowest BCUT2D eigenvalue weighted by Gasteiger charge is -2.22. The van der Waals surface area contributed by atoms with E-state index in [0.717, 1.165) is 15.8 Å². The number of aryl methyl sites for hydroxylation is 2. The summed E-state index contributed by atoms with van der Waals surface area (Å²) in [6.07, 6.45) is 0. The third-order valence-corrected chi connectivity index (χ3v) is 7.29. The normalized spacial score (nSPS) is 16.8. The van der Waals surface area contributed by atoms with Gasteiger partial charge in [0, 0.05) is 17.7 Å². The molecule has 4 aromatic rings. The largest absolute Gasteiger partial charge is 0.507 e. The summed E-state index contributed by atoms with van der Waals surface area (Å²) in [5.41, 5.74) is 2.82. The molecule has 9 nitrogen and oxygen atoms in total. The molecule has 10 heteroatoms. The number of aliphatic hydroxyl groups excluding tert-OH is 1. The number of carbonyl (C=O) groups is 2. The Balaban J connectivity index is 1.75. The number of ether oxygens (including phenoxy) is 1. The standard InChI is InChI=1S/C28H23N3O6S/c1-4-37-20-10-6-8-18(14-20)25(32)22-24(17-7-5-9-19(13-17)31(35)36)30(27(34)26(22)33)28-29-23-16(3)11-15(2)12-21(23)38-28/h5-14,24,32H,4H2,1-3H3/b25-22+.